The van der Waals surface area contributed by atoms with Gasteiger partial charge in [0.25, 0.3) is 0 Å². The molecule has 2 aromatic rings. The minimum atomic E-state index is -0.607. The number of hydrogen-bond acceptors (Lipinski definition) is 2. The highest BCUT2D eigenvalue weighted by Gasteiger charge is 2.17. The molecule has 1 unspecified atom stereocenters. The summed E-state index contributed by atoms with van der Waals surface area (Å²) in [6.45, 7) is 4.01. The van der Waals surface area contributed by atoms with E-state index in [9.17, 15) is 5.11 Å². The molecule has 106 valence electrons. The highest BCUT2D eigenvalue weighted by atomic mass is 35.5. The molecule has 0 aromatic heterocycles. The second-order valence-corrected chi connectivity index (χ2v) is 5.48. The van der Waals surface area contributed by atoms with Gasteiger partial charge in [0.05, 0.1) is 13.2 Å². The average molecular weight is 291 g/mol. The summed E-state index contributed by atoms with van der Waals surface area (Å²) in [5.74, 6) is 0.733. The Morgan fingerprint density at radius 2 is 1.95 bits per heavy atom. The molecule has 0 saturated heterocycles. The van der Waals surface area contributed by atoms with Crippen molar-refractivity contribution >= 4 is 11.6 Å². The normalized spacial score (nSPS) is 12.2. The largest absolute Gasteiger partial charge is 0.496 e. The summed E-state index contributed by atoms with van der Waals surface area (Å²) in [4.78, 5) is 0. The standard InChI is InChI=1S/C17H19ClO2/c1-11-7-12(2)17(16(8-11)20-3)15(19)10-13-5-4-6-14(18)9-13/h4-9,15,19H,10H2,1-3H3. The number of hydrogen-bond donors (Lipinski definition) is 1. The molecule has 0 aliphatic rings. The Morgan fingerprint density at radius 3 is 2.60 bits per heavy atom. The fraction of sp³-hybridized carbons (Fsp3) is 0.294. The van der Waals surface area contributed by atoms with Crippen molar-refractivity contribution in [2.75, 3.05) is 7.11 Å². The first-order valence-electron chi connectivity index (χ1n) is 6.59. The lowest BCUT2D eigenvalue weighted by Crippen LogP contribution is -2.07. The molecular formula is C17H19ClO2. The van der Waals surface area contributed by atoms with Gasteiger partial charge in [-0.25, -0.2) is 0 Å². The van der Waals surface area contributed by atoms with E-state index in [1.807, 2.05) is 44.2 Å². The zero-order valence-corrected chi connectivity index (χ0v) is 12.7. The molecule has 2 nitrogen and oxygen atoms in total. The van der Waals surface area contributed by atoms with Gasteiger partial charge in [-0.3, -0.25) is 0 Å². The van der Waals surface area contributed by atoms with Crippen LogP contribution in [0.4, 0.5) is 0 Å². The van der Waals surface area contributed by atoms with Crippen molar-refractivity contribution in [1.82, 2.24) is 0 Å². The molecule has 0 aliphatic carbocycles. The lowest BCUT2D eigenvalue weighted by Gasteiger charge is -2.18. The smallest absolute Gasteiger partial charge is 0.125 e. The Morgan fingerprint density at radius 1 is 1.20 bits per heavy atom. The molecule has 0 bridgehead atoms. The fourth-order valence-electron chi connectivity index (χ4n) is 2.52. The summed E-state index contributed by atoms with van der Waals surface area (Å²) in [5.41, 5.74) is 4.01. The van der Waals surface area contributed by atoms with E-state index in [1.165, 1.54) is 0 Å². The van der Waals surface area contributed by atoms with Crippen molar-refractivity contribution in [3.05, 3.63) is 63.7 Å². The van der Waals surface area contributed by atoms with Crippen LogP contribution in [0.5, 0.6) is 5.75 Å². The summed E-state index contributed by atoms with van der Waals surface area (Å²) in [6, 6.07) is 11.6. The van der Waals surface area contributed by atoms with E-state index in [-0.39, 0.29) is 0 Å². The molecule has 0 radical (unpaired) electrons. The van der Waals surface area contributed by atoms with Gasteiger partial charge in [0, 0.05) is 17.0 Å². The second kappa shape index (κ2) is 6.29. The zero-order chi connectivity index (χ0) is 14.7. The SMILES string of the molecule is COc1cc(C)cc(C)c1C(O)Cc1cccc(Cl)c1. The number of aliphatic hydroxyl groups is 1. The second-order valence-electron chi connectivity index (χ2n) is 5.05. The van der Waals surface area contributed by atoms with Gasteiger partial charge in [0.15, 0.2) is 0 Å². The Hall–Kier alpha value is -1.51. The monoisotopic (exact) mass is 290 g/mol. The maximum Gasteiger partial charge on any atom is 0.125 e. The van der Waals surface area contributed by atoms with Crippen molar-refractivity contribution < 1.29 is 9.84 Å². The third-order valence-corrected chi connectivity index (χ3v) is 3.60. The molecule has 0 saturated carbocycles. The van der Waals surface area contributed by atoms with Gasteiger partial charge in [-0.2, -0.15) is 0 Å². The van der Waals surface area contributed by atoms with E-state index in [4.69, 9.17) is 16.3 Å². The quantitative estimate of drug-likeness (QED) is 0.912. The average Bonchev–Trinajstić information content (AvgIpc) is 2.37. The van der Waals surface area contributed by atoms with Gasteiger partial charge in [0.2, 0.25) is 0 Å². The Kier molecular flexibility index (Phi) is 4.69. The molecule has 2 aromatic carbocycles. The van der Waals surface area contributed by atoms with Gasteiger partial charge < -0.3 is 9.84 Å². The van der Waals surface area contributed by atoms with Crippen LogP contribution in [0.2, 0.25) is 5.02 Å². The van der Waals surface area contributed by atoms with Crippen LogP contribution in [-0.4, -0.2) is 12.2 Å². The maximum absolute atomic E-state index is 10.5. The van der Waals surface area contributed by atoms with E-state index in [0.717, 1.165) is 28.0 Å². The van der Waals surface area contributed by atoms with E-state index in [2.05, 4.69) is 6.07 Å². The van der Waals surface area contributed by atoms with E-state index >= 15 is 0 Å². The van der Waals surface area contributed by atoms with Crippen LogP contribution in [-0.2, 0) is 6.42 Å². The Balaban J connectivity index is 2.31. The fourth-order valence-corrected chi connectivity index (χ4v) is 2.74. The molecule has 0 amide bonds. The molecule has 20 heavy (non-hydrogen) atoms. The summed E-state index contributed by atoms with van der Waals surface area (Å²) in [7, 11) is 1.63. The molecule has 1 atom stereocenters. The highest BCUT2D eigenvalue weighted by Crippen LogP contribution is 2.32. The number of ether oxygens (including phenoxy) is 1. The van der Waals surface area contributed by atoms with Crippen molar-refractivity contribution in [2.24, 2.45) is 0 Å². The number of benzene rings is 2. The predicted octanol–water partition coefficient (Wildman–Crippen LogP) is 4.24. The summed E-state index contributed by atoms with van der Waals surface area (Å²) >= 11 is 5.98. The number of rotatable bonds is 4. The minimum Gasteiger partial charge on any atom is -0.496 e. The molecule has 2 rings (SSSR count). The van der Waals surface area contributed by atoms with Crippen LogP contribution >= 0.6 is 11.6 Å². The topological polar surface area (TPSA) is 29.5 Å². The van der Waals surface area contributed by atoms with Crippen molar-refractivity contribution in [3.63, 3.8) is 0 Å². The van der Waals surface area contributed by atoms with Gasteiger partial charge in [-0.05, 0) is 48.7 Å². The van der Waals surface area contributed by atoms with Crippen LogP contribution in [0.15, 0.2) is 36.4 Å². The summed E-state index contributed by atoms with van der Waals surface area (Å²) < 4.78 is 5.40. The van der Waals surface area contributed by atoms with E-state index in [1.54, 1.807) is 7.11 Å². The van der Waals surface area contributed by atoms with Crippen molar-refractivity contribution in [2.45, 2.75) is 26.4 Å². The van der Waals surface area contributed by atoms with Gasteiger partial charge in [0.1, 0.15) is 5.75 Å². The molecule has 0 aliphatic heterocycles. The number of aryl methyl sites for hydroxylation is 2. The first-order chi connectivity index (χ1) is 9.51. The summed E-state index contributed by atoms with van der Waals surface area (Å²) in [6.07, 6.45) is -0.0927. The number of aliphatic hydroxyl groups excluding tert-OH is 1. The molecule has 0 fully saturated rings. The zero-order valence-electron chi connectivity index (χ0n) is 12.0. The Bertz CT molecular complexity index is 608. The molecular weight excluding hydrogens is 272 g/mol. The molecule has 1 N–H and O–H groups in total. The third kappa shape index (κ3) is 3.33. The lowest BCUT2D eigenvalue weighted by atomic mass is 9.95. The van der Waals surface area contributed by atoms with Crippen LogP contribution < -0.4 is 4.74 Å². The molecule has 0 spiro atoms. The summed E-state index contributed by atoms with van der Waals surface area (Å²) in [5, 5.41) is 11.2. The first-order valence-corrected chi connectivity index (χ1v) is 6.96. The molecule has 0 heterocycles. The Labute approximate surface area is 125 Å². The van der Waals surface area contributed by atoms with Crippen LogP contribution in [0, 0.1) is 13.8 Å². The number of methoxy groups -OCH3 is 1. The maximum atomic E-state index is 10.5. The first kappa shape index (κ1) is 14.9. The highest BCUT2D eigenvalue weighted by molar-refractivity contribution is 6.30. The predicted molar refractivity (Wildman–Crippen MR) is 82.6 cm³/mol. The van der Waals surface area contributed by atoms with E-state index in [0.29, 0.717) is 11.4 Å². The van der Waals surface area contributed by atoms with Gasteiger partial charge >= 0.3 is 0 Å². The minimum absolute atomic E-state index is 0.515. The third-order valence-electron chi connectivity index (χ3n) is 3.36. The van der Waals surface area contributed by atoms with Crippen molar-refractivity contribution in [1.29, 1.82) is 0 Å². The molecule has 3 heteroatoms. The van der Waals surface area contributed by atoms with E-state index < -0.39 is 6.10 Å². The lowest BCUT2D eigenvalue weighted by molar-refractivity contribution is 0.173. The van der Waals surface area contributed by atoms with Crippen molar-refractivity contribution in [3.8, 4) is 5.75 Å². The van der Waals surface area contributed by atoms with Crippen LogP contribution in [0.1, 0.15) is 28.4 Å². The van der Waals surface area contributed by atoms with Crippen LogP contribution in [0.25, 0.3) is 0 Å². The van der Waals surface area contributed by atoms with Crippen LogP contribution in [0.3, 0.4) is 0 Å². The van der Waals surface area contributed by atoms with Gasteiger partial charge in [-0.1, -0.05) is 29.8 Å². The number of halogens is 1. The van der Waals surface area contributed by atoms with Gasteiger partial charge in [-0.15, -0.1) is 0 Å².